The van der Waals surface area contributed by atoms with Gasteiger partial charge in [0.15, 0.2) is 5.78 Å². The highest BCUT2D eigenvalue weighted by Crippen LogP contribution is 2.78. The van der Waals surface area contributed by atoms with Crippen LogP contribution in [0.3, 0.4) is 0 Å². The van der Waals surface area contributed by atoms with E-state index in [0.717, 1.165) is 63.7 Å². The lowest BCUT2D eigenvalue weighted by atomic mass is 9.32. The number of alkyl halides is 3. The van der Waals surface area contributed by atoms with E-state index < -0.39 is 39.7 Å². The van der Waals surface area contributed by atoms with Gasteiger partial charge in [0.1, 0.15) is 0 Å². The molecule has 1 heterocycles. The zero-order chi connectivity index (χ0) is 31.2. The third-order valence-corrected chi connectivity index (χ3v) is 13.8. The van der Waals surface area contributed by atoms with Gasteiger partial charge in [-0.25, -0.2) is 0 Å². The van der Waals surface area contributed by atoms with Gasteiger partial charge >= 0.3 is 6.18 Å². The molecule has 2 spiro atoms. The van der Waals surface area contributed by atoms with Crippen molar-refractivity contribution in [3.63, 3.8) is 0 Å². The van der Waals surface area contributed by atoms with Gasteiger partial charge < -0.3 is 15.1 Å². The van der Waals surface area contributed by atoms with E-state index in [1.807, 2.05) is 0 Å². The average molecular weight is 612 g/mol. The molecule has 4 fully saturated rings. The molecule has 44 heavy (non-hydrogen) atoms. The fraction of sp³-hybridized carbons (Fsp3) is 0.703. The van der Waals surface area contributed by atoms with Crippen molar-refractivity contribution in [3.05, 3.63) is 59.2 Å². The third kappa shape index (κ3) is 4.24. The van der Waals surface area contributed by atoms with Gasteiger partial charge in [0.05, 0.1) is 17.3 Å². The molecule has 7 aliphatic rings. The van der Waals surface area contributed by atoms with E-state index in [1.165, 1.54) is 31.4 Å². The Balaban J connectivity index is 1.33. The lowest BCUT2D eigenvalue weighted by molar-refractivity contribution is -0.176. The van der Waals surface area contributed by atoms with E-state index in [0.29, 0.717) is 31.4 Å². The van der Waals surface area contributed by atoms with Crippen LogP contribution in [0.15, 0.2) is 48.1 Å². The number of β-amino-alcohol motifs (C(OH)–C–C–N with tert-alkyl or cyclic N) is 1. The predicted molar refractivity (Wildman–Crippen MR) is 164 cm³/mol. The molecule has 6 aliphatic carbocycles. The summed E-state index contributed by atoms with van der Waals surface area (Å²) in [5.41, 5.74) is -2.85. The molecule has 0 aromatic heterocycles. The SMILES string of the molecule is C[C@]12CC[C@H]3[C@]4(C=C[C@@]5(C=C4C(=O)c4cccc(C(F)(F)F)c4)CC(O)CC[C@]35C)[C@@H]1CC[C@@]2(O)CN1CCCCCCC1. The zero-order valence-electron chi connectivity index (χ0n) is 26.3. The van der Waals surface area contributed by atoms with Gasteiger partial charge in [-0.15, -0.1) is 0 Å². The highest BCUT2D eigenvalue weighted by atomic mass is 19.4. The Morgan fingerprint density at radius 3 is 2.32 bits per heavy atom. The Bertz CT molecular complexity index is 1380. The minimum absolute atomic E-state index is 0.00673. The number of likely N-dealkylation sites (tertiary alicyclic amines) is 1. The van der Waals surface area contributed by atoms with E-state index in [9.17, 15) is 28.2 Å². The van der Waals surface area contributed by atoms with Crippen LogP contribution < -0.4 is 0 Å². The van der Waals surface area contributed by atoms with Crippen LogP contribution in [0.25, 0.3) is 0 Å². The Labute approximate surface area is 259 Å². The highest BCUT2D eigenvalue weighted by Gasteiger charge is 2.74. The summed E-state index contributed by atoms with van der Waals surface area (Å²) in [5.74, 6) is -0.229. The number of hydrogen-bond donors (Lipinski definition) is 2. The van der Waals surface area contributed by atoms with Crippen LogP contribution in [-0.4, -0.2) is 52.2 Å². The van der Waals surface area contributed by atoms with Crippen molar-refractivity contribution in [1.29, 1.82) is 0 Å². The number of ketones is 1. The third-order valence-electron chi connectivity index (χ3n) is 13.8. The minimum atomic E-state index is -4.54. The first-order chi connectivity index (χ1) is 20.8. The maximum Gasteiger partial charge on any atom is 0.416 e. The van der Waals surface area contributed by atoms with E-state index in [1.54, 1.807) is 0 Å². The Kier molecular flexibility index (Phi) is 7.16. The summed E-state index contributed by atoms with van der Waals surface area (Å²) in [6, 6.07) is 4.87. The molecule has 3 saturated carbocycles. The predicted octanol–water partition coefficient (Wildman–Crippen LogP) is 7.75. The van der Waals surface area contributed by atoms with Gasteiger partial charge in [-0.3, -0.25) is 4.79 Å². The monoisotopic (exact) mass is 611 g/mol. The Hall–Kier alpha value is -1.96. The molecule has 0 amide bonds. The molecule has 8 atom stereocenters. The summed E-state index contributed by atoms with van der Waals surface area (Å²) in [7, 11) is 0. The first-order valence-electron chi connectivity index (χ1n) is 17.1. The number of hydrogen-bond acceptors (Lipinski definition) is 4. The minimum Gasteiger partial charge on any atom is -0.393 e. The zero-order valence-corrected chi connectivity index (χ0v) is 26.3. The van der Waals surface area contributed by atoms with Crippen molar-refractivity contribution in [1.82, 2.24) is 4.90 Å². The van der Waals surface area contributed by atoms with Crippen LogP contribution in [0.1, 0.15) is 107 Å². The Morgan fingerprint density at radius 1 is 0.932 bits per heavy atom. The second kappa shape index (κ2) is 10.3. The van der Waals surface area contributed by atoms with E-state index in [-0.39, 0.29) is 28.6 Å². The van der Waals surface area contributed by atoms with Gasteiger partial charge in [0.25, 0.3) is 0 Å². The molecule has 1 aliphatic heterocycles. The topological polar surface area (TPSA) is 60.8 Å². The summed E-state index contributed by atoms with van der Waals surface area (Å²) >= 11 is 0. The molecule has 0 radical (unpaired) electrons. The number of carbonyl (C=O) groups excluding carboxylic acids is 1. The molecule has 240 valence electrons. The lowest BCUT2D eigenvalue weighted by Crippen LogP contribution is -2.67. The first kappa shape index (κ1) is 30.7. The van der Waals surface area contributed by atoms with Crippen molar-refractivity contribution in [3.8, 4) is 0 Å². The van der Waals surface area contributed by atoms with Crippen molar-refractivity contribution in [2.45, 2.75) is 109 Å². The van der Waals surface area contributed by atoms with Crippen molar-refractivity contribution < 1.29 is 28.2 Å². The quantitative estimate of drug-likeness (QED) is 0.270. The molecule has 2 bridgehead atoms. The number of aliphatic hydroxyl groups is 2. The summed E-state index contributed by atoms with van der Waals surface area (Å²) < 4.78 is 41.3. The molecular formula is C37H48F3NO3. The lowest BCUT2D eigenvalue weighted by Gasteiger charge is -2.71. The number of fused-ring (bicyclic) bond motifs is 1. The number of allylic oxidation sites excluding steroid dienone is 4. The van der Waals surface area contributed by atoms with Gasteiger partial charge in [-0.1, -0.05) is 63.5 Å². The first-order valence-corrected chi connectivity index (χ1v) is 17.1. The van der Waals surface area contributed by atoms with Crippen LogP contribution in [0, 0.1) is 33.5 Å². The fourth-order valence-corrected chi connectivity index (χ4v) is 11.4. The average Bonchev–Trinajstić information content (AvgIpc) is 3.24. The number of rotatable bonds is 4. The largest absolute Gasteiger partial charge is 0.416 e. The molecular weight excluding hydrogens is 563 g/mol. The van der Waals surface area contributed by atoms with E-state index >= 15 is 0 Å². The summed E-state index contributed by atoms with van der Waals surface area (Å²) in [4.78, 5) is 17.1. The standard InChI is InChI=1S/C37H48F3NO3/c1-32-14-11-27(42)22-34(32)17-18-36(28(23-34)31(43)25-9-8-10-26(21-25)37(38,39)40)29(32)12-15-33(2)30(36)13-16-35(33,44)24-41-19-6-4-3-5-7-20-41/h8-10,17-18,21,23,27,29-30,42,44H,3-7,11-16,19-20,22,24H2,1-2H3/t27?,29-,30-,32-,33+,34+,35-,36-/m1/s1. The maximum atomic E-state index is 14.6. The van der Waals surface area contributed by atoms with Crippen molar-refractivity contribution in [2.24, 2.45) is 33.5 Å². The van der Waals surface area contributed by atoms with Crippen molar-refractivity contribution >= 4 is 5.78 Å². The molecule has 1 aromatic carbocycles. The van der Waals surface area contributed by atoms with Gasteiger partial charge in [-0.05, 0) is 100 Å². The summed E-state index contributed by atoms with van der Waals surface area (Å²) in [5, 5.41) is 23.5. The van der Waals surface area contributed by atoms with Crippen LogP contribution in [0.4, 0.5) is 13.2 Å². The molecule has 7 heteroatoms. The normalized spacial score (nSPS) is 43.8. The second-order valence-electron chi connectivity index (χ2n) is 15.8. The second-order valence-corrected chi connectivity index (χ2v) is 15.8. The molecule has 8 rings (SSSR count). The number of nitrogens with zero attached hydrogens (tertiary/aromatic N) is 1. The summed E-state index contributed by atoms with van der Waals surface area (Å²) in [6.45, 7) is 7.20. The number of carbonyl (C=O) groups is 1. The van der Waals surface area contributed by atoms with Crippen LogP contribution >= 0.6 is 0 Å². The number of aliphatic hydroxyl groups excluding tert-OH is 1. The van der Waals surface area contributed by atoms with Gasteiger partial charge in [-0.2, -0.15) is 13.2 Å². The van der Waals surface area contributed by atoms with Crippen molar-refractivity contribution in [2.75, 3.05) is 19.6 Å². The van der Waals surface area contributed by atoms with E-state index in [2.05, 4.69) is 37.0 Å². The summed E-state index contributed by atoms with van der Waals surface area (Å²) in [6.07, 6.45) is 12.8. The molecule has 1 unspecified atom stereocenters. The number of Topliss-reactive ketones (excluding diaryl/α,β-unsaturated/α-hetero) is 1. The molecule has 1 aromatic rings. The van der Waals surface area contributed by atoms with Crippen LogP contribution in [0.5, 0.6) is 0 Å². The molecule has 2 N–H and O–H groups in total. The maximum absolute atomic E-state index is 14.6. The Morgan fingerprint density at radius 2 is 1.59 bits per heavy atom. The van der Waals surface area contributed by atoms with Gasteiger partial charge in [0.2, 0.25) is 0 Å². The number of halogens is 3. The van der Waals surface area contributed by atoms with Gasteiger partial charge in [0, 0.05) is 33.9 Å². The van der Waals surface area contributed by atoms with Crippen LogP contribution in [0.2, 0.25) is 0 Å². The molecule has 4 nitrogen and oxygen atoms in total. The highest BCUT2D eigenvalue weighted by molar-refractivity contribution is 6.10. The fourth-order valence-electron chi connectivity index (χ4n) is 11.4. The smallest absolute Gasteiger partial charge is 0.393 e. The molecule has 1 saturated heterocycles. The van der Waals surface area contributed by atoms with E-state index in [4.69, 9.17) is 0 Å². The number of benzene rings is 1. The van der Waals surface area contributed by atoms with Crippen LogP contribution in [-0.2, 0) is 6.18 Å².